The first-order chi connectivity index (χ1) is 9.86. The molecule has 0 saturated heterocycles. The van der Waals surface area contributed by atoms with Crippen molar-refractivity contribution in [2.45, 2.75) is 4.90 Å². The number of aromatic amines is 1. The van der Waals surface area contributed by atoms with E-state index in [0.29, 0.717) is 9.79 Å². The van der Waals surface area contributed by atoms with Crippen molar-refractivity contribution in [1.29, 1.82) is 0 Å². The molecule has 0 bridgehead atoms. The number of nitrogens with one attached hydrogen (secondary N) is 1. The largest absolute Gasteiger partial charge is 0.330 e. The number of hydrogen-bond donors (Lipinski definition) is 1. The normalized spacial score (nSPS) is 11.9. The third-order valence-corrected chi connectivity index (χ3v) is 4.82. The molecular formula is C14H11ClN2O2S2. The molecule has 0 saturated carbocycles. The van der Waals surface area contributed by atoms with E-state index < -0.39 is 9.84 Å². The Bertz CT molecular complexity index is 986. The fourth-order valence-electron chi connectivity index (χ4n) is 2.17. The van der Waals surface area contributed by atoms with Gasteiger partial charge in [-0.2, -0.15) is 0 Å². The Morgan fingerprint density at radius 1 is 1.14 bits per heavy atom. The van der Waals surface area contributed by atoms with Gasteiger partial charge in [-0.3, -0.25) is 4.57 Å². The lowest BCUT2D eigenvalue weighted by Crippen LogP contribution is -1.99. The maximum atomic E-state index is 11.5. The minimum absolute atomic E-state index is 0.274. The van der Waals surface area contributed by atoms with Gasteiger partial charge in [-0.15, -0.1) is 0 Å². The van der Waals surface area contributed by atoms with Gasteiger partial charge in [-0.05, 0) is 54.7 Å². The summed E-state index contributed by atoms with van der Waals surface area (Å²) in [4.78, 5) is 3.37. The molecule has 0 aliphatic carbocycles. The quantitative estimate of drug-likeness (QED) is 0.724. The van der Waals surface area contributed by atoms with Crippen molar-refractivity contribution >= 4 is 44.7 Å². The first-order valence-electron chi connectivity index (χ1n) is 6.07. The second-order valence-electron chi connectivity index (χ2n) is 4.69. The van der Waals surface area contributed by atoms with Gasteiger partial charge in [-0.25, -0.2) is 8.42 Å². The number of sulfone groups is 1. The smallest absolute Gasteiger partial charge is 0.182 e. The minimum Gasteiger partial charge on any atom is -0.330 e. The van der Waals surface area contributed by atoms with Gasteiger partial charge in [0.25, 0.3) is 0 Å². The van der Waals surface area contributed by atoms with E-state index in [9.17, 15) is 8.42 Å². The third-order valence-electron chi connectivity index (χ3n) is 3.17. The zero-order valence-electron chi connectivity index (χ0n) is 11.0. The standard InChI is InChI=1S/C14H11ClN2O2S2/c1-21(18,19)11-5-3-10(4-6-11)17-13-8-9(15)2-7-12(13)16-14(17)20/h2-8H,1H3,(H,16,20). The van der Waals surface area contributed by atoms with Gasteiger partial charge >= 0.3 is 0 Å². The summed E-state index contributed by atoms with van der Waals surface area (Å²) in [5.41, 5.74) is 2.50. The first kappa shape index (κ1) is 14.3. The molecule has 0 spiro atoms. The number of imidazole rings is 1. The monoisotopic (exact) mass is 338 g/mol. The van der Waals surface area contributed by atoms with Crippen LogP contribution >= 0.6 is 23.8 Å². The summed E-state index contributed by atoms with van der Waals surface area (Å²) < 4.78 is 25.4. The molecule has 2 aromatic carbocycles. The average Bonchev–Trinajstić information content (AvgIpc) is 2.73. The highest BCUT2D eigenvalue weighted by Gasteiger charge is 2.10. The molecule has 0 atom stereocenters. The fraction of sp³-hybridized carbons (Fsp3) is 0.0714. The van der Waals surface area contributed by atoms with Gasteiger partial charge in [0.2, 0.25) is 0 Å². The van der Waals surface area contributed by atoms with Gasteiger partial charge in [0.1, 0.15) is 0 Å². The number of fused-ring (bicyclic) bond motifs is 1. The molecule has 1 aromatic heterocycles. The molecule has 3 rings (SSSR count). The SMILES string of the molecule is CS(=O)(=O)c1ccc(-n2c(=S)[nH]c3ccc(Cl)cc32)cc1. The average molecular weight is 339 g/mol. The lowest BCUT2D eigenvalue weighted by Gasteiger charge is -2.06. The highest BCUT2D eigenvalue weighted by molar-refractivity contribution is 7.90. The minimum atomic E-state index is -3.21. The number of aromatic nitrogens is 2. The predicted molar refractivity (Wildman–Crippen MR) is 86.6 cm³/mol. The molecule has 0 aliphatic heterocycles. The highest BCUT2D eigenvalue weighted by atomic mass is 35.5. The molecule has 0 fully saturated rings. The molecule has 0 amide bonds. The van der Waals surface area contributed by atoms with E-state index in [1.54, 1.807) is 30.3 Å². The van der Waals surface area contributed by atoms with Crippen molar-refractivity contribution in [3.05, 3.63) is 52.3 Å². The van der Waals surface area contributed by atoms with Crippen molar-refractivity contribution in [3.8, 4) is 5.69 Å². The van der Waals surface area contributed by atoms with Crippen molar-refractivity contribution < 1.29 is 8.42 Å². The molecule has 108 valence electrons. The van der Waals surface area contributed by atoms with Crippen LogP contribution in [0.25, 0.3) is 16.7 Å². The van der Waals surface area contributed by atoms with Crippen molar-refractivity contribution in [2.24, 2.45) is 0 Å². The summed E-state index contributed by atoms with van der Waals surface area (Å²) in [6.45, 7) is 0. The van der Waals surface area contributed by atoms with Crippen LogP contribution in [0.4, 0.5) is 0 Å². The van der Waals surface area contributed by atoms with E-state index in [4.69, 9.17) is 23.8 Å². The summed E-state index contributed by atoms with van der Waals surface area (Å²) in [6, 6.07) is 12.0. The molecule has 0 aliphatic rings. The lowest BCUT2D eigenvalue weighted by molar-refractivity contribution is 0.602. The van der Waals surface area contributed by atoms with Gasteiger partial charge in [0, 0.05) is 17.0 Å². The van der Waals surface area contributed by atoms with E-state index in [-0.39, 0.29) is 4.90 Å². The fourth-order valence-corrected chi connectivity index (χ4v) is 3.29. The van der Waals surface area contributed by atoms with Crippen LogP contribution < -0.4 is 0 Å². The first-order valence-corrected chi connectivity index (χ1v) is 8.75. The van der Waals surface area contributed by atoms with Crippen molar-refractivity contribution in [1.82, 2.24) is 9.55 Å². The number of nitrogens with zero attached hydrogens (tertiary/aromatic N) is 1. The number of hydrogen-bond acceptors (Lipinski definition) is 3. The van der Waals surface area contributed by atoms with Crippen LogP contribution in [-0.4, -0.2) is 24.2 Å². The highest BCUT2D eigenvalue weighted by Crippen LogP contribution is 2.23. The van der Waals surface area contributed by atoms with E-state index >= 15 is 0 Å². The number of H-pyrrole nitrogens is 1. The van der Waals surface area contributed by atoms with Gasteiger partial charge in [-0.1, -0.05) is 11.6 Å². The van der Waals surface area contributed by atoms with E-state index in [2.05, 4.69) is 4.98 Å². The number of rotatable bonds is 2. The Hall–Kier alpha value is -1.63. The Balaban J connectivity index is 2.23. The molecule has 0 unspecified atom stereocenters. The summed E-state index contributed by atoms with van der Waals surface area (Å²) in [5.74, 6) is 0. The third kappa shape index (κ3) is 2.62. The molecule has 3 aromatic rings. The zero-order valence-corrected chi connectivity index (χ0v) is 13.4. The summed E-state index contributed by atoms with van der Waals surface area (Å²) in [7, 11) is -3.21. The van der Waals surface area contributed by atoms with E-state index in [0.717, 1.165) is 16.7 Å². The van der Waals surface area contributed by atoms with E-state index in [1.165, 1.54) is 6.26 Å². The predicted octanol–water partition coefficient (Wildman–Crippen LogP) is 3.74. The van der Waals surface area contributed by atoms with Crippen LogP contribution in [0.5, 0.6) is 0 Å². The van der Waals surface area contributed by atoms with Crippen LogP contribution in [0.2, 0.25) is 5.02 Å². The Labute approximate surface area is 131 Å². The molecule has 21 heavy (non-hydrogen) atoms. The van der Waals surface area contributed by atoms with Crippen molar-refractivity contribution in [2.75, 3.05) is 6.26 Å². The summed E-state index contributed by atoms with van der Waals surface area (Å²) >= 11 is 11.4. The van der Waals surface area contributed by atoms with E-state index in [1.807, 2.05) is 16.7 Å². The second-order valence-corrected chi connectivity index (χ2v) is 7.53. The lowest BCUT2D eigenvalue weighted by atomic mass is 10.3. The molecule has 7 heteroatoms. The number of halogens is 1. The van der Waals surface area contributed by atoms with Gasteiger partial charge in [0.15, 0.2) is 14.6 Å². The summed E-state index contributed by atoms with van der Waals surface area (Å²) in [5, 5.41) is 0.609. The Morgan fingerprint density at radius 3 is 2.43 bits per heavy atom. The molecule has 1 heterocycles. The second kappa shape index (κ2) is 4.98. The van der Waals surface area contributed by atoms with Crippen LogP contribution in [0, 0.1) is 4.77 Å². The van der Waals surface area contributed by atoms with Crippen LogP contribution in [0.15, 0.2) is 47.4 Å². The maximum Gasteiger partial charge on any atom is 0.182 e. The zero-order chi connectivity index (χ0) is 15.2. The molecular weight excluding hydrogens is 328 g/mol. The molecule has 0 radical (unpaired) electrons. The van der Waals surface area contributed by atoms with Gasteiger partial charge < -0.3 is 4.98 Å². The maximum absolute atomic E-state index is 11.5. The number of benzene rings is 2. The Morgan fingerprint density at radius 2 is 1.81 bits per heavy atom. The van der Waals surface area contributed by atoms with Crippen LogP contribution in [0.3, 0.4) is 0 Å². The topological polar surface area (TPSA) is 54.9 Å². The molecule has 4 nitrogen and oxygen atoms in total. The Kier molecular flexibility index (Phi) is 3.39. The molecule has 1 N–H and O–H groups in total. The van der Waals surface area contributed by atoms with Crippen molar-refractivity contribution in [3.63, 3.8) is 0 Å². The van der Waals surface area contributed by atoms with Crippen LogP contribution in [0.1, 0.15) is 0 Å². The van der Waals surface area contributed by atoms with Gasteiger partial charge in [0.05, 0.1) is 15.9 Å². The summed E-state index contributed by atoms with van der Waals surface area (Å²) in [6.07, 6.45) is 1.18. The van der Waals surface area contributed by atoms with Crippen LogP contribution in [-0.2, 0) is 9.84 Å².